The van der Waals surface area contributed by atoms with Gasteiger partial charge >= 0.3 is 12.0 Å². The van der Waals surface area contributed by atoms with Crippen LogP contribution in [0.4, 0.5) is 11.4 Å². The van der Waals surface area contributed by atoms with E-state index in [-0.39, 0.29) is 18.4 Å². The molecule has 0 aliphatic carbocycles. The summed E-state index contributed by atoms with van der Waals surface area (Å²) in [6.45, 7) is 9.88. The molecule has 1 aliphatic rings. The summed E-state index contributed by atoms with van der Waals surface area (Å²) in [6.07, 6.45) is 5.25. The fourth-order valence-corrected chi connectivity index (χ4v) is 4.24. The van der Waals surface area contributed by atoms with Crippen LogP contribution in [0, 0.1) is 0 Å². The lowest BCUT2D eigenvalue weighted by Gasteiger charge is -2.35. The maximum absolute atomic E-state index is 11.4. The fraction of sp³-hybridized carbons (Fsp3) is 0.542. The summed E-state index contributed by atoms with van der Waals surface area (Å²) in [7, 11) is 0. The number of carboxylic acid groups (broad SMARTS) is 1. The second kappa shape index (κ2) is 11.8. The second-order valence-corrected chi connectivity index (χ2v) is 7.93. The van der Waals surface area contributed by atoms with E-state index in [4.69, 9.17) is 9.47 Å². The van der Waals surface area contributed by atoms with E-state index in [2.05, 4.69) is 45.3 Å². The van der Waals surface area contributed by atoms with Crippen LogP contribution < -0.4 is 10.1 Å². The fourth-order valence-electron chi connectivity index (χ4n) is 4.24. The van der Waals surface area contributed by atoms with Crippen LogP contribution in [0.2, 0.25) is 0 Å². The topological polar surface area (TPSA) is 96.8 Å². The molecule has 0 spiro atoms. The molecule has 32 heavy (non-hydrogen) atoms. The zero-order valence-corrected chi connectivity index (χ0v) is 19.2. The highest BCUT2D eigenvalue weighted by molar-refractivity contribution is 5.69. The molecule has 2 aromatic rings. The van der Waals surface area contributed by atoms with Crippen molar-refractivity contribution in [3.63, 3.8) is 0 Å². The van der Waals surface area contributed by atoms with E-state index in [1.807, 2.05) is 13.8 Å². The molecular weight excluding hydrogens is 408 g/mol. The molecule has 174 valence electrons. The molecule has 2 atom stereocenters. The van der Waals surface area contributed by atoms with Crippen molar-refractivity contribution in [2.75, 3.05) is 38.2 Å². The van der Waals surface area contributed by atoms with Gasteiger partial charge in [0.2, 0.25) is 0 Å². The third-order valence-electron chi connectivity index (χ3n) is 5.88. The Kier molecular flexibility index (Phi) is 8.81. The molecule has 0 saturated carbocycles. The standard InChI is InChI=1S/C24H34N4O4/c1-4-17(14-23(29)30)18-7-8-20(22(5-2)28-9-11-31-12-10-28)21(13-18)27-19-15-25-24(26-16-19)32-6-3/h7-8,13,15-17,22,27H,4-6,9-12,14H2,1-3H3,(H,29,30)/t17-,22+/m1/s1. The molecule has 0 amide bonds. The molecule has 0 unspecified atom stereocenters. The molecule has 1 fully saturated rings. The summed E-state index contributed by atoms with van der Waals surface area (Å²) in [5, 5.41) is 12.8. The number of benzene rings is 1. The Bertz CT molecular complexity index is 869. The summed E-state index contributed by atoms with van der Waals surface area (Å²) < 4.78 is 10.9. The van der Waals surface area contributed by atoms with Crippen molar-refractivity contribution in [3.05, 3.63) is 41.7 Å². The molecular formula is C24H34N4O4. The van der Waals surface area contributed by atoms with E-state index >= 15 is 0 Å². The summed E-state index contributed by atoms with van der Waals surface area (Å²) in [5.41, 5.74) is 3.91. The maximum atomic E-state index is 11.4. The number of ether oxygens (including phenoxy) is 2. The van der Waals surface area contributed by atoms with E-state index in [1.165, 1.54) is 5.56 Å². The molecule has 2 N–H and O–H groups in total. The molecule has 0 bridgehead atoms. The van der Waals surface area contributed by atoms with Gasteiger partial charge in [0.1, 0.15) is 0 Å². The monoisotopic (exact) mass is 442 g/mol. The Labute approximate surface area is 190 Å². The van der Waals surface area contributed by atoms with E-state index in [0.29, 0.717) is 12.6 Å². The van der Waals surface area contributed by atoms with Gasteiger partial charge in [0, 0.05) is 24.8 Å². The van der Waals surface area contributed by atoms with Crippen LogP contribution in [-0.4, -0.2) is 58.9 Å². The minimum absolute atomic E-state index is 0.0397. The number of anilines is 2. The minimum atomic E-state index is -0.782. The van der Waals surface area contributed by atoms with Gasteiger partial charge in [-0.25, -0.2) is 9.97 Å². The number of hydrogen-bond donors (Lipinski definition) is 2. The number of carbonyl (C=O) groups is 1. The maximum Gasteiger partial charge on any atom is 0.316 e. The van der Waals surface area contributed by atoms with Crippen LogP contribution in [0.1, 0.15) is 63.1 Å². The number of rotatable bonds is 11. The molecule has 0 radical (unpaired) electrons. The third kappa shape index (κ3) is 6.17. The smallest absolute Gasteiger partial charge is 0.316 e. The number of nitrogens with zero attached hydrogens (tertiary/aromatic N) is 3. The van der Waals surface area contributed by atoms with Crippen LogP contribution >= 0.6 is 0 Å². The Hall–Kier alpha value is -2.71. The van der Waals surface area contributed by atoms with Crippen molar-refractivity contribution in [1.29, 1.82) is 0 Å². The number of nitrogens with one attached hydrogen (secondary N) is 1. The Morgan fingerprint density at radius 3 is 2.50 bits per heavy atom. The number of aromatic nitrogens is 2. The summed E-state index contributed by atoms with van der Waals surface area (Å²) in [5.74, 6) is -0.822. The number of morpholine rings is 1. The van der Waals surface area contributed by atoms with E-state index in [1.54, 1.807) is 12.4 Å². The van der Waals surface area contributed by atoms with E-state index in [9.17, 15) is 9.90 Å². The number of carboxylic acids is 1. The molecule has 1 aromatic heterocycles. The van der Waals surface area contributed by atoms with Crippen LogP contribution in [0.25, 0.3) is 0 Å². The summed E-state index contributed by atoms with van der Waals surface area (Å²) in [4.78, 5) is 22.3. The van der Waals surface area contributed by atoms with E-state index < -0.39 is 5.97 Å². The summed E-state index contributed by atoms with van der Waals surface area (Å²) in [6, 6.07) is 6.89. The molecule has 2 heterocycles. The number of hydrogen-bond acceptors (Lipinski definition) is 7. The van der Waals surface area contributed by atoms with Crippen LogP contribution in [0.3, 0.4) is 0 Å². The quantitative estimate of drug-likeness (QED) is 0.529. The molecule has 8 nitrogen and oxygen atoms in total. The van der Waals surface area contributed by atoms with Crippen molar-refractivity contribution < 1.29 is 19.4 Å². The first-order valence-corrected chi connectivity index (χ1v) is 11.4. The van der Waals surface area contributed by atoms with Gasteiger partial charge in [0.05, 0.1) is 44.3 Å². The SMILES string of the molecule is CCOc1ncc(Nc2cc([C@H](CC)CC(=O)O)ccc2[C@H](CC)N2CCOCC2)cn1. The Morgan fingerprint density at radius 1 is 1.19 bits per heavy atom. The highest BCUT2D eigenvalue weighted by atomic mass is 16.5. The Morgan fingerprint density at radius 2 is 1.91 bits per heavy atom. The molecule has 8 heteroatoms. The van der Waals surface area contributed by atoms with Crippen LogP contribution in [-0.2, 0) is 9.53 Å². The average Bonchev–Trinajstić information content (AvgIpc) is 2.81. The average molecular weight is 443 g/mol. The lowest BCUT2D eigenvalue weighted by Crippen LogP contribution is -2.39. The normalized spacial score (nSPS) is 16.3. The van der Waals surface area contributed by atoms with Gasteiger partial charge in [0.25, 0.3) is 0 Å². The van der Waals surface area contributed by atoms with Crippen molar-refractivity contribution in [2.45, 2.75) is 52.0 Å². The van der Waals surface area contributed by atoms with Gasteiger partial charge in [0.15, 0.2) is 0 Å². The van der Waals surface area contributed by atoms with Gasteiger partial charge in [-0.15, -0.1) is 0 Å². The van der Waals surface area contributed by atoms with Gasteiger partial charge in [-0.3, -0.25) is 9.69 Å². The molecule has 3 rings (SSSR count). The van der Waals surface area contributed by atoms with Gasteiger partial charge in [-0.05, 0) is 42.9 Å². The van der Waals surface area contributed by atoms with Crippen molar-refractivity contribution in [1.82, 2.24) is 14.9 Å². The second-order valence-electron chi connectivity index (χ2n) is 7.93. The lowest BCUT2D eigenvalue weighted by atomic mass is 9.90. The first kappa shape index (κ1) is 23.9. The summed E-state index contributed by atoms with van der Waals surface area (Å²) >= 11 is 0. The van der Waals surface area contributed by atoms with E-state index in [0.717, 1.165) is 56.1 Å². The number of aliphatic carboxylic acids is 1. The third-order valence-corrected chi connectivity index (χ3v) is 5.88. The lowest BCUT2D eigenvalue weighted by molar-refractivity contribution is -0.137. The zero-order valence-electron chi connectivity index (χ0n) is 19.2. The van der Waals surface area contributed by atoms with Crippen molar-refractivity contribution in [3.8, 4) is 6.01 Å². The highest BCUT2D eigenvalue weighted by Crippen LogP contribution is 2.36. The minimum Gasteiger partial charge on any atom is -0.481 e. The predicted molar refractivity (Wildman–Crippen MR) is 124 cm³/mol. The zero-order chi connectivity index (χ0) is 22.9. The van der Waals surface area contributed by atoms with Gasteiger partial charge < -0.3 is 19.9 Å². The Balaban J connectivity index is 1.96. The van der Waals surface area contributed by atoms with Gasteiger partial charge in [-0.1, -0.05) is 26.0 Å². The van der Waals surface area contributed by atoms with Crippen LogP contribution in [0.15, 0.2) is 30.6 Å². The highest BCUT2D eigenvalue weighted by Gasteiger charge is 2.25. The largest absolute Gasteiger partial charge is 0.481 e. The molecule has 1 saturated heterocycles. The van der Waals surface area contributed by atoms with Crippen molar-refractivity contribution >= 4 is 17.3 Å². The molecule has 1 aliphatic heterocycles. The molecule has 1 aromatic carbocycles. The van der Waals surface area contributed by atoms with Crippen molar-refractivity contribution in [2.24, 2.45) is 0 Å². The first-order chi connectivity index (χ1) is 15.5. The van der Waals surface area contributed by atoms with Gasteiger partial charge in [-0.2, -0.15) is 0 Å². The van der Waals surface area contributed by atoms with Crippen LogP contribution in [0.5, 0.6) is 6.01 Å². The predicted octanol–water partition coefficient (Wildman–Crippen LogP) is 4.37. The first-order valence-electron chi connectivity index (χ1n) is 11.4.